The molecule has 4 nitrogen and oxygen atoms in total. The van der Waals surface area contributed by atoms with Gasteiger partial charge >= 0.3 is 0 Å². The lowest BCUT2D eigenvalue weighted by molar-refractivity contribution is 0.0980. The largest absolute Gasteiger partial charge is 0.355 e. The summed E-state index contributed by atoms with van der Waals surface area (Å²) in [6.07, 6.45) is 0. The molecule has 0 heterocycles. The Kier molecular flexibility index (Phi) is 6.86. The van der Waals surface area contributed by atoms with E-state index in [4.69, 9.17) is 69.6 Å². The normalized spacial score (nSPS) is 12.3. The Morgan fingerprint density at radius 3 is 1.22 bits per heavy atom. The minimum atomic E-state index is -0.344. The zero-order valence-corrected chi connectivity index (χ0v) is 22.4. The number of hydrogen-bond donors (Lipinski definition) is 2. The van der Waals surface area contributed by atoms with Gasteiger partial charge in [-0.3, -0.25) is 9.59 Å². The zero-order valence-electron chi connectivity index (χ0n) is 17.9. The number of anilines is 4. The molecule has 180 valence electrons. The average Bonchev–Trinajstić information content (AvgIpc) is 2.84. The van der Waals surface area contributed by atoms with Crippen molar-refractivity contribution in [2.24, 2.45) is 0 Å². The van der Waals surface area contributed by atoms with Gasteiger partial charge in [0.05, 0.1) is 52.6 Å². The van der Waals surface area contributed by atoms with Gasteiger partial charge in [0.2, 0.25) is 0 Å². The molecule has 0 radical (unpaired) electrons. The molecule has 0 saturated heterocycles. The number of ketones is 2. The first kappa shape index (κ1) is 25.2. The van der Waals surface area contributed by atoms with Crippen LogP contribution in [0.5, 0.6) is 0 Å². The van der Waals surface area contributed by atoms with Crippen LogP contribution in [0.15, 0.2) is 60.7 Å². The van der Waals surface area contributed by atoms with Gasteiger partial charge in [-0.15, -0.1) is 0 Å². The molecule has 0 aromatic heterocycles. The Morgan fingerprint density at radius 2 is 0.861 bits per heavy atom. The van der Waals surface area contributed by atoms with Crippen molar-refractivity contribution in [1.29, 1.82) is 0 Å². The summed E-state index contributed by atoms with van der Waals surface area (Å²) in [5.41, 5.74) is 2.84. The lowest BCUT2D eigenvalue weighted by Gasteiger charge is -2.23. The van der Waals surface area contributed by atoms with Crippen LogP contribution < -0.4 is 10.6 Å². The molecule has 0 amide bonds. The Labute approximate surface area is 236 Å². The predicted molar refractivity (Wildman–Crippen MR) is 149 cm³/mol. The maximum atomic E-state index is 13.9. The van der Waals surface area contributed by atoms with Crippen molar-refractivity contribution in [2.45, 2.75) is 0 Å². The second-order valence-electron chi connectivity index (χ2n) is 7.87. The fourth-order valence-electron chi connectivity index (χ4n) is 4.02. The summed E-state index contributed by atoms with van der Waals surface area (Å²) in [6, 6.07) is 16.3. The average molecular weight is 597 g/mol. The standard InChI is InChI=1S/C26H12Cl6N2O2/c27-15-7-11(8-16(28)23(15)31)33-19-5-1-3-13-21(19)26(36)22-14(25(13)35)4-2-6-20(22)34-12-9-17(29)24(32)18(30)10-12/h1-10,33-34H. The summed E-state index contributed by atoms with van der Waals surface area (Å²) in [5.74, 6) is -0.630. The van der Waals surface area contributed by atoms with Gasteiger partial charge < -0.3 is 10.6 Å². The fourth-order valence-corrected chi connectivity index (χ4v) is 5.21. The quantitative estimate of drug-likeness (QED) is 0.203. The molecule has 0 bridgehead atoms. The Bertz CT molecular complexity index is 1440. The van der Waals surface area contributed by atoms with Crippen molar-refractivity contribution in [1.82, 2.24) is 0 Å². The summed E-state index contributed by atoms with van der Waals surface area (Å²) in [7, 11) is 0. The molecule has 2 N–H and O–H groups in total. The predicted octanol–water partition coefficient (Wildman–Crippen LogP) is 9.87. The number of carbonyl (C=O) groups is 2. The highest BCUT2D eigenvalue weighted by Gasteiger charge is 2.33. The fraction of sp³-hybridized carbons (Fsp3) is 0. The number of carbonyl (C=O) groups excluding carboxylic acids is 2. The van der Waals surface area contributed by atoms with E-state index < -0.39 is 0 Å². The van der Waals surface area contributed by atoms with E-state index in [2.05, 4.69) is 10.6 Å². The van der Waals surface area contributed by atoms with Gasteiger partial charge in [0.1, 0.15) is 0 Å². The van der Waals surface area contributed by atoms with Crippen molar-refractivity contribution >= 4 is 104 Å². The van der Waals surface area contributed by atoms with E-state index in [-0.39, 0.29) is 64.0 Å². The van der Waals surface area contributed by atoms with Crippen LogP contribution in [-0.2, 0) is 0 Å². The molecular formula is C26H12Cl6N2O2. The summed E-state index contributed by atoms with van der Waals surface area (Å²) in [5, 5.41) is 7.71. The third-order valence-electron chi connectivity index (χ3n) is 5.60. The molecule has 0 spiro atoms. The minimum absolute atomic E-state index is 0.220. The summed E-state index contributed by atoms with van der Waals surface area (Å²) < 4.78 is 0. The Hall–Kier alpha value is -2.44. The Balaban J connectivity index is 1.60. The monoisotopic (exact) mass is 594 g/mol. The van der Waals surface area contributed by atoms with Gasteiger partial charge in [0, 0.05) is 22.5 Å². The van der Waals surface area contributed by atoms with Crippen LogP contribution in [0.4, 0.5) is 22.7 Å². The van der Waals surface area contributed by atoms with E-state index in [1.165, 1.54) is 0 Å². The van der Waals surface area contributed by atoms with E-state index in [1.807, 2.05) is 0 Å². The van der Waals surface area contributed by atoms with Crippen LogP contribution in [0.2, 0.25) is 30.1 Å². The van der Waals surface area contributed by atoms with E-state index in [9.17, 15) is 9.59 Å². The van der Waals surface area contributed by atoms with Gasteiger partial charge in [0.25, 0.3) is 0 Å². The lowest BCUT2D eigenvalue weighted by atomic mass is 9.82. The number of rotatable bonds is 4. The second-order valence-corrected chi connectivity index (χ2v) is 10.3. The van der Waals surface area contributed by atoms with Crippen molar-refractivity contribution in [2.75, 3.05) is 10.6 Å². The first-order valence-corrected chi connectivity index (χ1v) is 12.6. The third-order valence-corrected chi connectivity index (χ3v) is 7.99. The van der Waals surface area contributed by atoms with Crippen LogP contribution in [0.3, 0.4) is 0 Å². The number of hydrogen-bond acceptors (Lipinski definition) is 4. The minimum Gasteiger partial charge on any atom is -0.355 e. The highest BCUT2D eigenvalue weighted by molar-refractivity contribution is 6.49. The molecule has 0 unspecified atom stereocenters. The molecule has 1 aliphatic carbocycles. The molecule has 0 aliphatic heterocycles. The topological polar surface area (TPSA) is 58.2 Å². The van der Waals surface area contributed by atoms with Crippen LogP contribution in [0, 0.1) is 0 Å². The number of halogens is 6. The second kappa shape index (κ2) is 9.79. The van der Waals surface area contributed by atoms with E-state index in [0.29, 0.717) is 22.7 Å². The molecule has 5 rings (SSSR count). The maximum Gasteiger partial charge on any atom is 0.198 e. The highest BCUT2D eigenvalue weighted by atomic mass is 35.5. The molecule has 36 heavy (non-hydrogen) atoms. The van der Waals surface area contributed by atoms with Crippen molar-refractivity contribution < 1.29 is 9.59 Å². The summed E-state index contributed by atoms with van der Waals surface area (Å²) >= 11 is 36.8. The molecule has 1 aliphatic rings. The Morgan fingerprint density at radius 1 is 0.500 bits per heavy atom. The number of benzene rings is 4. The van der Waals surface area contributed by atoms with Gasteiger partial charge in [0.15, 0.2) is 11.6 Å². The van der Waals surface area contributed by atoms with Crippen LogP contribution in [0.1, 0.15) is 31.8 Å². The molecule has 0 fully saturated rings. The summed E-state index contributed by atoms with van der Waals surface area (Å²) in [6.45, 7) is 0. The molecule has 0 saturated carbocycles. The van der Waals surface area contributed by atoms with Crippen molar-refractivity contribution in [3.8, 4) is 0 Å². The van der Waals surface area contributed by atoms with Crippen LogP contribution in [-0.4, -0.2) is 11.6 Å². The lowest BCUT2D eigenvalue weighted by Crippen LogP contribution is -2.23. The van der Waals surface area contributed by atoms with Gasteiger partial charge in [-0.05, 0) is 36.4 Å². The van der Waals surface area contributed by atoms with Gasteiger partial charge in [-0.1, -0.05) is 93.9 Å². The van der Waals surface area contributed by atoms with E-state index in [1.54, 1.807) is 60.7 Å². The SMILES string of the molecule is O=C1c2cccc(Nc3cc(Cl)c(Cl)c(Cl)c3)c2C(=O)c2c(Nc3cc(Cl)c(Cl)c(Cl)c3)cccc21. The first-order valence-electron chi connectivity index (χ1n) is 10.3. The molecule has 10 heteroatoms. The smallest absolute Gasteiger partial charge is 0.198 e. The maximum absolute atomic E-state index is 13.9. The van der Waals surface area contributed by atoms with Crippen molar-refractivity contribution in [3.63, 3.8) is 0 Å². The summed E-state index contributed by atoms with van der Waals surface area (Å²) in [4.78, 5) is 27.3. The zero-order chi connectivity index (χ0) is 25.7. The van der Waals surface area contributed by atoms with E-state index in [0.717, 1.165) is 0 Å². The third kappa shape index (κ3) is 4.43. The first-order chi connectivity index (χ1) is 17.2. The molecule has 0 atom stereocenters. The van der Waals surface area contributed by atoms with Crippen LogP contribution >= 0.6 is 69.6 Å². The number of fused-ring (bicyclic) bond motifs is 2. The van der Waals surface area contributed by atoms with E-state index >= 15 is 0 Å². The molecule has 4 aromatic rings. The van der Waals surface area contributed by atoms with Crippen LogP contribution in [0.25, 0.3) is 0 Å². The highest BCUT2D eigenvalue weighted by Crippen LogP contribution is 2.40. The number of nitrogens with one attached hydrogen (secondary N) is 2. The van der Waals surface area contributed by atoms with Crippen molar-refractivity contribution in [3.05, 3.63) is 113 Å². The van der Waals surface area contributed by atoms with Gasteiger partial charge in [-0.2, -0.15) is 0 Å². The molecular weight excluding hydrogens is 585 g/mol. The molecule has 4 aromatic carbocycles. The van der Waals surface area contributed by atoms with Gasteiger partial charge in [-0.25, -0.2) is 0 Å².